The van der Waals surface area contributed by atoms with Gasteiger partial charge in [-0.1, -0.05) is 39.0 Å². The van der Waals surface area contributed by atoms with Crippen molar-refractivity contribution in [2.75, 3.05) is 11.9 Å². The summed E-state index contributed by atoms with van der Waals surface area (Å²) in [4.78, 5) is 25.4. The maximum Gasteiger partial charge on any atom is 0.407 e. The number of nitrogens with two attached hydrogens (primary N) is 1. The SMILES string of the molecule is CC(C)(C)C1C(n2cc(C(N)=O)c(Nc3ccccc3)n2)C(C#N)CCN1C(=O)O. The lowest BCUT2D eigenvalue weighted by Gasteiger charge is -2.48. The molecule has 1 aromatic carbocycles. The van der Waals surface area contributed by atoms with Crippen molar-refractivity contribution in [3.05, 3.63) is 42.1 Å². The fraction of sp³-hybridized carbons (Fsp3) is 0.429. The molecule has 158 valence electrons. The molecule has 3 rings (SSSR count). The third-order valence-corrected chi connectivity index (χ3v) is 5.39. The van der Waals surface area contributed by atoms with Crippen molar-refractivity contribution in [3.63, 3.8) is 0 Å². The van der Waals surface area contributed by atoms with Gasteiger partial charge in [0.2, 0.25) is 0 Å². The first-order valence-corrected chi connectivity index (χ1v) is 9.73. The Morgan fingerprint density at radius 1 is 1.30 bits per heavy atom. The monoisotopic (exact) mass is 410 g/mol. The van der Waals surface area contributed by atoms with Gasteiger partial charge in [-0.25, -0.2) is 4.79 Å². The number of benzene rings is 1. The van der Waals surface area contributed by atoms with E-state index in [9.17, 15) is 20.0 Å². The third-order valence-electron chi connectivity index (χ3n) is 5.39. The molecular weight excluding hydrogens is 384 g/mol. The van der Waals surface area contributed by atoms with Crippen LogP contribution in [0, 0.1) is 22.7 Å². The van der Waals surface area contributed by atoms with Gasteiger partial charge >= 0.3 is 6.09 Å². The molecule has 30 heavy (non-hydrogen) atoms. The lowest BCUT2D eigenvalue weighted by molar-refractivity contribution is 0.00841. The van der Waals surface area contributed by atoms with Crippen molar-refractivity contribution >= 4 is 23.5 Å². The fourth-order valence-corrected chi connectivity index (χ4v) is 4.13. The van der Waals surface area contributed by atoms with E-state index in [2.05, 4.69) is 16.5 Å². The number of aromatic nitrogens is 2. The summed E-state index contributed by atoms with van der Waals surface area (Å²) < 4.78 is 1.53. The Kier molecular flexibility index (Phi) is 5.69. The highest BCUT2D eigenvalue weighted by molar-refractivity contribution is 5.98. The van der Waals surface area contributed by atoms with Crippen LogP contribution in [0.4, 0.5) is 16.3 Å². The predicted molar refractivity (Wildman–Crippen MR) is 111 cm³/mol. The standard InChI is InChI=1S/C21H26N6O3/c1-21(2,3)17-16(13(11-22)9-10-26(17)20(29)30)27-12-15(18(23)28)19(25-27)24-14-7-5-4-6-8-14/h4-8,12-13,16-17H,9-10H2,1-3H3,(H2,23,28)(H,24,25)(H,29,30). The van der Waals surface area contributed by atoms with Crippen molar-refractivity contribution in [1.82, 2.24) is 14.7 Å². The average Bonchev–Trinajstić information content (AvgIpc) is 3.10. The molecule has 0 radical (unpaired) electrons. The van der Waals surface area contributed by atoms with Crippen LogP contribution in [0.5, 0.6) is 0 Å². The summed E-state index contributed by atoms with van der Waals surface area (Å²) >= 11 is 0. The second kappa shape index (κ2) is 8.06. The molecule has 1 aromatic heterocycles. The van der Waals surface area contributed by atoms with E-state index in [-0.39, 0.29) is 17.9 Å². The predicted octanol–water partition coefficient (Wildman–Crippen LogP) is 3.20. The van der Waals surface area contributed by atoms with Gasteiger partial charge in [0.05, 0.1) is 24.1 Å². The Labute approximate surface area is 175 Å². The van der Waals surface area contributed by atoms with Crippen LogP contribution in [0.1, 0.15) is 43.6 Å². The zero-order valence-electron chi connectivity index (χ0n) is 17.2. The molecule has 2 amide bonds. The lowest BCUT2D eigenvalue weighted by Crippen LogP contribution is -2.57. The Balaban J connectivity index is 2.10. The molecule has 0 saturated carbocycles. The molecule has 0 bridgehead atoms. The third kappa shape index (κ3) is 4.08. The highest BCUT2D eigenvalue weighted by atomic mass is 16.4. The topological polar surface area (TPSA) is 137 Å². The first-order chi connectivity index (χ1) is 14.1. The van der Waals surface area contributed by atoms with E-state index >= 15 is 0 Å². The van der Waals surface area contributed by atoms with Crippen LogP contribution in [0.25, 0.3) is 0 Å². The van der Waals surface area contributed by atoms with Crippen LogP contribution >= 0.6 is 0 Å². The number of carbonyl (C=O) groups excluding carboxylic acids is 1. The van der Waals surface area contributed by atoms with E-state index in [0.29, 0.717) is 6.42 Å². The molecule has 0 spiro atoms. The van der Waals surface area contributed by atoms with Crippen LogP contribution in [-0.4, -0.2) is 44.4 Å². The molecule has 3 atom stereocenters. The summed E-state index contributed by atoms with van der Waals surface area (Å²) in [5.41, 5.74) is 6.01. The number of nitriles is 1. The molecule has 9 nitrogen and oxygen atoms in total. The molecule has 9 heteroatoms. The number of primary amides is 1. The summed E-state index contributed by atoms with van der Waals surface area (Å²) in [6.45, 7) is 6.07. The zero-order chi connectivity index (χ0) is 22.1. The number of rotatable bonds is 4. The molecule has 2 aromatic rings. The van der Waals surface area contributed by atoms with E-state index in [4.69, 9.17) is 5.73 Å². The van der Waals surface area contributed by atoms with E-state index in [1.807, 2.05) is 51.1 Å². The van der Waals surface area contributed by atoms with Crippen molar-refractivity contribution in [3.8, 4) is 6.07 Å². The molecule has 1 fully saturated rings. The number of hydrogen-bond donors (Lipinski definition) is 3. The van der Waals surface area contributed by atoms with Crippen LogP contribution in [-0.2, 0) is 0 Å². The second-order valence-corrected chi connectivity index (χ2v) is 8.53. The number of carbonyl (C=O) groups is 2. The number of nitrogens with one attached hydrogen (secondary N) is 1. The van der Waals surface area contributed by atoms with Gasteiger partial charge in [-0.2, -0.15) is 10.4 Å². The first kappa shape index (κ1) is 21.2. The van der Waals surface area contributed by atoms with E-state index in [1.165, 1.54) is 15.8 Å². The van der Waals surface area contributed by atoms with E-state index in [1.54, 1.807) is 0 Å². The number of anilines is 2. The van der Waals surface area contributed by atoms with Gasteiger partial charge in [0.15, 0.2) is 5.82 Å². The molecule has 0 aliphatic carbocycles. The Morgan fingerprint density at radius 2 is 1.97 bits per heavy atom. The normalized spacial score (nSPS) is 21.7. The minimum absolute atomic E-state index is 0.177. The minimum atomic E-state index is -1.04. The maximum atomic E-state index is 12.1. The first-order valence-electron chi connectivity index (χ1n) is 9.73. The summed E-state index contributed by atoms with van der Waals surface area (Å²) in [5, 5.41) is 27.2. The molecular formula is C21H26N6O3. The lowest BCUT2D eigenvalue weighted by atomic mass is 9.74. The van der Waals surface area contributed by atoms with Gasteiger partial charge < -0.3 is 21.1 Å². The molecule has 3 unspecified atom stereocenters. The van der Waals surface area contributed by atoms with Crippen molar-refractivity contribution in [1.29, 1.82) is 5.26 Å². The Bertz CT molecular complexity index is 973. The number of para-hydroxylation sites is 1. The van der Waals surface area contributed by atoms with Crippen LogP contribution < -0.4 is 11.1 Å². The summed E-state index contributed by atoms with van der Waals surface area (Å²) in [5.74, 6) is -0.855. The van der Waals surface area contributed by atoms with Crippen LogP contribution in [0.2, 0.25) is 0 Å². The Morgan fingerprint density at radius 3 is 2.50 bits per heavy atom. The zero-order valence-corrected chi connectivity index (χ0v) is 17.2. The summed E-state index contributed by atoms with van der Waals surface area (Å²) in [6.07, 6.45) is 0.848. The minimum Gasteiger partial charge on any atom is -0.465 e. The van der Waals surface area contributed by atoms with Crippen LogP contribution in [0.15, 0.2) is 36.5 Å². The smallest absolute Gasteiger partial charge is 0.407 e. The molecule has 1 aliphatic rings. The average molecular weight is 410 g/mol. The Hall–Kier alpha value is -3.54. The highest BCUT2D eigenvalue weighted by Crippen LogP contribution is 2.42. The fourth-order valence-electron chi connectivity index (χ4n) is 4.13. The largest absolute Gasteiger partial charge is 0.465 e. The maximum absolute atomic E-state index is 12.1. The van der Waals surface area contributed by atoms with Crippen LogP contribution in [0.3, 0.4) is 0 Å². The number of piperidine rings is 1. The second-order valence-electron chi connectivity index (χ2n) is 8.53. The summed E-state index contributed by atoms with van der Waals surface area (Å²) in [6, 6.07) is 10.4. The van der Waals surface area contributed by atoms with E-state index < -0.39 is 35.4 Å². The number of hydrogen-bond acceptors (Lipinski definition) is 5. The number of likely N-dealkylation sites (tertiary alicyclic amines) is 1. The quantitative estimate of drug-likeness (QED) is 0.708. The number of amides is 2. The number of carboxylic acid groups (broad SMARTS) is 1. The summed E-state index contributed by atoms with van der Waals surface area (Å²) in [7, 11) is 0. The van der Waals surface area contributed by atoms with Gasteiger partial charge in [0.1, 0.15) is 5.56 Å². The molecule has 1 saturated heterocycles. The van der Waals surface area contributed by atoms with E-state index in [0.717, 1.165) is 5.69 Å². The van der Waals surface area contributed by atoms with Gasteiger partial charge in [-0.3, -0.25) is 9.48 Å². The molecule has 2 heterocycles. The van der Waals surface area contributed by atoms with Gasteiger partial charge in [0.25, 0.3) is 5.91 Å². The van der Waals surface area contributed by atoms with Gasteiger partial charge in [-0.15, -0.1) is 0 Å². The highest BCUT2D eigenvalue weighted by Gasteiger charge is 2.48. The van der Waals surface area contributed by atoms with Crippen molar-refractivity contribution in [2.45, 2.75) is 39.3 Å². The van der Waals surface area contributed by atoms with Gasteiger partial charge in [0, 0.05) is 18.4 Å². The van der Waals surface area contributed by atoms with Gasteiger partial charge in [-0.05, 0) is 24.0 Å². The van der Waals surface area contributed by atoms with Crippen molar-refractivity contribution < 1.29 is 14.7 Å². The molecule has 4 N–H and O–H groups in total. The number of nitrogens with zero attached hydrogens (tertiary/aromatic N) is 4. The van der Waals surface area contributed by atoms with Crippen molar-refractivity contribution in [2.24, 2.45) is 17.1 Å². The molecule has 1 aliphatic heterocycles.